The molecule has 3 N–H and O–H groups in total. The minimum atomic E-state index is -0.572. The van der Waals surface area contributed by atoms with E-state index >= 15 is 0 Å². The Morgan fingerprint density at radius 3 is 2.62 bits per heavy atom. The Bertz CT molecular complexity index is 345. The second kappa shape index (κ2) is 3.56. The summed E-state index contributed by atoms with van der Waals surface area (Å²) in [4.78, 5) is 0. The maximum atomic E-state index is 12.6. The van der Waals surface area contributed by atoms with Crippen LogP contribution >= 0.6 is 0 Å². The molecule has 0 saturated heterocycles. The van der Waals surface area contributed by atoms with Crippen LogP contribution in [0.1, 0.15) is 23.6 Å². The van der Waals surface area contributed by atoms with Crippen molar-refractivity contribution in [2.45, 2.75) is 20.5 Å². The van der Waals surface area contributed by atoms with E-state index in [2.05, 4.69) is 0 Å². The van der Waals surface area contributed by atoms with Crippen LogP contribution in [0.25, 0.3) is 0 Å². The highest BCUT2D eigenvalue weighted by molar-refractivity contribution is 6.02. The largest absolute Gasteiger partial charge is 0.398 e. The molecule has 0 atom stereocenters. The van der Waals surface area contributed by atoms with Gasteiger partial charge < -0.3 is 11.1 Å². The van der Waals surface area contributed by atoms with Gasteiger partial charge in [-0.25, -0.2) is 4.39 Å². The molecule has 0 saturated carbocycles. The summed E-state index contributed by atoms with van der Waals surface area (Å²) in [5.74, 6) is 0. The summed E-state index contributed by atoms with van der Waals surface area (Å²) in [5, 5.41) is 7.44. The number of rotatable bonds is 2. The molecule has 0 bridgehead atoms. The highest BCUT2D eigenvalue weighted by Crippen LogP contribution is 2.21. The Morgan fingerprint density at radius 2 is 2.15 bits per heavy atom. The van der Waals surface area contributed by atoms with E-state index in [9.17, 15) is 4.39 Å². The van der Waals surface area contributed by atoms with Gasteiger partial charge in [-0.05, 0) is 31.0 Å². The summed E-state index contributed by atoms with van der Waals surface area (Å²) in [7, 11) is 0. The number of benzene rings is 1. The first kappa shape index (κ1) is 9.71. The molecule has 0 aromatic heterocycles. The SMILES string of the molecule is CC(=N)c1c(N)cc(C)cc1CF. The van der Waals surface area contributed by atoms with E-state index in [4.69, 9.17) is 11.1 Å². The molecule has 0 spiro atoms. The zero-order valence-electron chi connectivity index (χ0n) is 7.82. The molecule has 0 aliphatic heterocycles. The molecule has 0 heterocycles. The van der Waals surface area contributed by atoms with E-state index in [1.165, 1.54) is 0 Å². The first-order valence-corrected chi connectivity index (χ1v) is 4.06. The van der Waals surface area contributed by atoms with Crippen LogP contribution in [0.4, 0.5) is 10.1 Å². The summed E-state index contributed by atoms with van der Waals surface area (Å²) in [6.45, 7) is 2.90. The normalized spacial score (nSPS) is 10.1. The van der Waals surface area contributed by atoms with Crippen LogP contribution in [0.3, 0.4) is 0 Å². The van der Waals surface area contributed by atoms with Crippen molar-refractivity contribution in [3.63, 3.8) is 0 Å². The zero-order valence-corrected chi connectivity index (χ0v) is 7.82. The molecule has 1 aromatic rings. The summed E-state index contributed by atoms with van der Waals surface area (Å²) < 4.78 is 12.6. The molecule has 0 radical (unpaired) electrons. The fourth-order valence-corrected chi connectivity index (χ4v) is 1.45. The van der Waals surface area contributed by atoms with Gasteiger partial charge in [0.15, 0.2) is 0 Å². The number of alkyl halides is 1. The first-order valence-electron chi connectivity index (χ1n) is 4.06. The molecule has 0 fully saturated rings. The second-order valence-electron chi connectivity index (χ2n) is 3.15. The maximum absolute atomic E-state index is 12.6. The van der Waals surface area contributed by atoms with Crippen LogP contribution < -0.4 is 5.73 Å². The molecule has 3 heteroatoms. The van der Waals surface area contributed by atoms with E-state index in [0.717, 1.165) is 5.56 Å². The van der Waals surface area contributed by atoms with Gasteiger partial charge in [-0.3, -0.25) is 0 Å². The van der Waals surface area contributed by atoms with Crippen molar-refractivity contribution in [2.75, 3.05) is 5.73 Å². The number of hydrogen-bond donors (Lipinski definition) is 2. The van der Waals surface area contributed by atoms with Crippen molar-refractivity contribution in [1.82, 2.24) is 0 Å². The van der Waals surface area contributed by atoms with Gasteiger partial charge in [-0.2, -0.15) is 0 Å². The number of nitrogens with one attached hydrogen (secondary N) is 1. The Kier molecular flexibility index (Phi) is 2.66. The van der Waals surface area contributed by atoms with Crippen molar-refractivity contribution in [1.29, 1.82) is 5.41 Å². The predicted octanol–water partition coefficient (Wildman–Crippen LogP) is 2.43. The highest BCUT2D eigenvalue weighted by atomic mass is 19.1. The van der Waals surface area contributed by atoms with Gasteiger partial charge in [0.1, 0.15) is 6.67 Å². The third-order valence-electron chi connectivity index (χ3n) is 1.91. The molecular formula is C10H13FN2. The molecule has 0 aliphatic carbocycles. The molecule has 0 aliphatic rings. The highest BCUT2D eigenvalue weighted by Gasteiger charge is 2.08. The lowest BCUT2D eigenvalue weighted by atomic mass is 10.00. The van der Waals surface area contributed by atoms with E-state index in [-0.39, 0.29) is 0 Å². The van der Waals surface area contributed by atoms with Crippen molar-refractivity contribution < 1.29 is 4.39 Å². The van der Waals surface area contributed by atoms with Crippen molar-refractivity contribution in [3.05, 3.63) is 28.8 Å². The monoisotopic (exact) mass is 180 g/mol. The molecule has 2 nitrogen and oxygen atoms in total. The van der Waals surface area contributed by atoms with Gasteiger partial charge >= 0.3 is 0 Å². The minimum Gasteiger partial charge on any atom is -0.398 e. The Labute approximate surface area is 77.1 Å². The Morgan fingerprint density at radius 1 is 1.54 bits per heavy atom. The van der Waals surface area contributed by atoms with Gasteiger partial charge in [0.05, 0.1) is 0 Å². The quantitative estimate of drug-likeness (QED) is 0.533. The molecule has 0 amide bonds. The molecule has 13 heavy (non-hydrogen) atoms. The average Bonchev–Trinajstić information content (AvgIpc) is 2.01. The van der Waals surface area contributed by atoms with Crippen LogP contribution in [-0.2, 0) is 6.67 Å². The fourth-order valence-electron chi connectivity index (χ4n) is 1.45. The van der Waals surface area contributed by atoms with Crippen molar-refractivity contribution in [3.8, 4) is 0 Å². The van der Waals surface area contributed by atoms with Crippen LogP contribution in [0.5, 0.6) is 0 Å². The molecule has 1 rings (SSSR count). The van der Waals surface area contributed by atoms with Gasteiger partial charge in [-0.1, -0.05) is 6.07 Å². The third-order valence-corrected chi connectivity index (χ3v) is 1.91. The van der Waals surface area contributed by atoms with Crippen molar-refractivity contribution >= 4 is 11.4 Å². The summed E-state index contributed by atoms with van der Waals surface area (Å²) in [5.41, 5.74) is 8.45. The third kappa shape index (κ3) is 1.86. The van der Waals surface area contributed by atoms with Gasteiger partial charge in [-0.15, -0.1) is 0 Å². The predicted molar refractivity (Wildman–Crippen MR) is 52.9 cm³/mol. The smallest absolute Gasteiger partial charge is 0.115 e. The second-order valence-corrected chi connectivity index (χ2v) is 3.15. The van der Waals surface area contributed by atoms with Crippen LogP contribution in [0, 0.1) is 12.3 Å². The van der Waals surface area contributed by atoms with E-state index in [0.29, 0.717) is 22.5 Å². The Balaban J connectivity index is 3.38. The number of anilines is 1. The lowest BCUT2D eigenvalue weighted by Gasteiger charge is -2.09. The van der Waals surface area contributed by atoms with Crippen molar-refractivity contribution in [2.24, 2.45) is 0 Å². The molecule has 1 aromatic carbocycles. The fraction of sp³-hybridized carbons (Fsp3) is 0.300. The average molecular weight is 180 g/mol. The van der Waals surface area contributed by atoms with E-state index < -0.39 is 6.67 Å². The topological polar surface area (TPSA) is 49.9 Å². The first-order chi connectivity index (χ1) is 6.06. The van der Waals surface area contributed by atoms with Crippen LogP contribution in [0.2, 0.25) is 0 Å². The van der Waals surface area contributed by atoms with Gasteiger partial charge in [0, 0.05) is 17.0 Å². The number of hydrogen-bond acceptors (Lipinski definition) is 2. The van der Waals surface area contributed by atoms with E-state index in [1.54, 1.807) is 19.1 Å². The number of aryl methyl sites for hydroxylation is 1. The van der Waals surface area contributed by atoms with Crippen LogP contribution in [-0.4, -0.2) is 5.71 Å². The standard InChI is InChI=1S/C10H13FN2/c1-6-3-8(5-11)10(7(2)12)9(13)4-6/h3-4,12H,5,13H2,1-2H3. The summed E-state index contributed by atoms with van der Waals surface area (Å²) >= 11 is 0. The number of halogens is 1. The van der Waals surface area contributed by atoms with Gasteiger partial charge in [0.25, 0.3) is 0 Å². The lowest BCUT2D eigenvalue weighted by molar-refractivity contribution is 0.485. The molecule has 0 unspecified atom stereocenters. The lowest BCUT2D eigenvalue weighted by Crippen LogP contribution is -2.04. The molecule has 70 valence electrons. The summed E-state index contributed by atoms with van der Waals surface area (Å²) in [6, 6.07) is 3.48. The van der Waals surface area contributed by atoms with E-state index in [1.807, 2.05) is 6.92 Å². The number of nitrogen functional groups attached to an aromatic ring is 1. The number of nitrogens with two attached hydrogens (primary N) is 1. The summed E-state index contributed by atoms with van der Waals surface area (Å²) in [6.07, 6.45) is 0. The van der Waals surface area contributed by atoms with Crippen LogP contribution in [0.15, 0.2) is 12.1 Å². The Hall–Kier alpha value is -1.38. The maximum Gasteiger partial charge on any atom is 0.115 e. The van der Waals surface area contributed by atoms with Gasteiger partial charge in [0.2, 0.25) is 0 Å². The minimum absolute atomic E-state index is 0.310. The zero-order chi connectivity index (χ0) is 10.0. The molecular weight excluding hydrogens is 167 g/mol.